The van der Waals surface area contributed by atoms with Crippen LogP contribution in [0.1, 0.15) is 13.8 Å². The van der Waals surface area contributed by atoms with Gasteiger partial charge in [-0.25, -0.2) is 0 Å². The van der Waals surface area contributed by atoms with Crippen molar-refractivity contribution in [1.82, 2.24) is 9.13 Å². The Balaban J connectivity index is 0.872. The van der Waals surface area contributed by atoms with E-state index in [4.69, 9.17) is 8.83 Å². The maximum Gasteiger partial charge on any atom is 0.136 e. The second-order valence-corrected chi connectivity index (χ2v) is 19.0. The Morgan fingerprint density at radius 1 is 0.319 bits per heavy atom. The van der Waals surface area contributed by atoms with Crippen molar-refractivity contribution in [2.24, 2.45) is 0 Å². The molecule has 0 amide bonds. The van der Waals surface area contributed by atoms with Crippen molar-refractivity contribution in [3.05, 3.63) is 218 Å². The number of para-hydroxylation sites is 6. The van der Waals surface area contributed by atoms with Gasteiger partial charge in [0.15, 0.2) is 0 Å². The summed E-state index contributed by atoms with van der Waals surface area (Å²) in [6.07, 6.45) is 0. The van der Waals surface area contributed by atoms with E-state index in [9.17, 15) is 0 Å². The molecule has 0 unspecified atom stereocenters. The zero-order valence-electron chi connectivity index (χ0n) is 39.8. The fraction of sp³-hybridized carbons (Fsp3) is 0.0606. The molecular weight excluding hydrogens is 881 g/mol. The van der Waals surface area contributed by atoms with Crippen molar-refractivity contribution >= 4 is 143 Å². The molecule has 11 aromatic carbocycles. The number of furan rings is 2. The molecule has 0 N–H and O–H groups in total. The zero-order chi connectivity index (χ0) is 47.6. The third-order valence-corrected chi connectivity index (χ3v) is 15.2. The lowest BCUT2D eigenvalue weighted by Gasteiger charge is -2.27. The smallest absolute Gasteiger partial charge is 0.136 e. The molecule has 342 valence electrons. The second-order valence-electron chi connectivity index (χ2n) is 19.0. The largest absolute Gasteiger partial charge is 0.456 e. The first-order chi connectivity index (χ1) is 35.6. The van der Waals surface area contributed by atoms with Gasteiger partial charge in [-0.1, -0.05) is 109 Å². The molecular formula is C66H46N4O2. The summed E-state index contributed by atoms with van der Waals surface area (Å²) >= 11 is 0. The maximum absolute atomic E-state index is 6.79. The first-order valence-corrected chi connectivity index (χ1v) is 25.0. The number of benzene rings is 11. The van der Waals surface area contributed by atoms with Crippen LogP contribution in [0.5, 0.6) is 0 Å². The van der Waals surface area contributed by atoms with E-state index in [-0.39, 0.29) is 0 Å². The van der Waals surface area contributed by atoms with Crippen LogP contribution in [0.25, 0.3) is 109 Å². The van der Waals surface area contributed by atoms with Crippen molar-refractivity contribution in [2.45, 2.75) is 26.9 Å². The highest BCUT2D eigenvalue weighted by Crippen LogP contribution is 2.47. The Bertz CT molecular complexity index is 4370. The summed E-state index contributed by atoms with van der Waals surface area (Å²) in [4.78, 5) is 4.80. The topological polar surface area (TPSA) is 42.6 Å². The van der Waals surface area contributed by atoms with Gasteiger partial charge in [-0.2, -0.15) is 0 Å². The van der Waals surface area contributed by atoms with Gasteiger partial charge >= 0.3 is 0 Å². The van der Waals surface area contributed by atoms with E-state index < -0.39 is 0 Å². The van der Waals surface area contributed by atoms with Gasteiger partial charge in [0.2, 0.25) is 0 Å². The van der Waals surface area contributed by atoms with Crippen LogP contribution in [0.2, 0.25) is 0 Å². The van der Waals surface area contributed by atoms with E-state index in [1.807, 2.05) is 0 Å². The molecule has 0 radical (unpaired) electrons. The van der Waals surface area contributed by atoms with Crippen molar-refractivity contribution in [3.8, 4) is 0 Å². The first kappa shape index (κ1) is 40.6. The third kappa shape index (κ3) is 5.90. The van der Waals surface area contributed by atoms with Crippen LogP contribution in [0.4, 0.5) is 34.1 Å². The molecule has 0 saturated carbocycles. The summed E-state index contributed by atoms with van der Waals surface area (Å²) in [6, 6.07) is 79.1. The van der Waals surface area contributed by atoms with E-state index in [1.54, 1.807) is 0 Å². The van der Waals surface area contributed by atoms with Gasteiger partial charge in [-0.05, 0) is 145 Å². The Morgan fingerprint density at radius 2 is 0.736 bits per heavy atom. The normalized spacial score (nSPS) is 12.1. The van der Waals surface area contributed by atoms with E-state index in [0.717, 1.165) is 113 Å². The Hall–Kier alpha value is -9.26. The standard InChI is InChI=1S/C66H46N4O2/c1-3-67-55-25-13-11-21-49(55)51-23-15-27-57(65(51)67)69(45-17-7-5-8-18-45)47-31-29-41-37-53-61(39-43(41)35-47)71-59-33-34-60-64(63(53)59)54-38-42-30-32-48(36-44(42)40-62(54)72-60)70(46-19-9-6-10-20-46)58-28-16-24-52-50-22-12-14-26-56(50)68(4-2)66(52)58/h5-40H,3-4H2,1-2H3. The average molecular weight is 927 g/mol. The molecule has 0 bridgehead atoms. The lowest BCUT2D eigenvalue weighted by Crippen LogP contribution is -2.11. The number of aromatic nitrogens is 2. The monoisotopic (exact) mass is 926 g/mol. The van der Waals surface area contributed by atoms with Gasteiger partial charge in [0.05, 0.1) is 22.4 Å². The molecule has 0 aliphatic rings. The molecule has 6 nitrogen and oxygen atoms in total. The van der Waals surface area contributed by atoms with Crippen LogP contribution in [0.15, 0.2) is 227 Å². The average Bonchev–Trinajstić information content (AvgIpc) is 4.17. The fourth-order valence-electron chi connectivity index (χ4n) is 12.1. The molecule has 0 aliphatic carbocycles. The highest BCUT2D eigenvalue weighted by Gasteiger charge is 2.24. The summed E-state index contributed by atoms with van der Waals surface area (Å²) in [5.74, 6) is 0. The number of anilines is 6. The van der Waals surface area contributed by atoms with Crippen LogP contribution < -0.4 is 9.80 Å². The van der Waals surface area contributed by atoms with Crippen molar-refractivity contribution in [1.29, 1.82) is 0 Å². The lowest BCUT2D eigenvalue weighted by molar-refractivity contribution is 0.663. The predicted octanol–water partition coefficient (Wildman–Crippen LogP) is 19.0. The van der Waals surface area contributed by atoms with Crippen molar-refractivity contribution in [3.63, 3.8) is 0 Å². The number of nitrogens with zero attached hydrogens (tertiary/aromatic N) is 4. The lowest BCUT2D eigenvalue weighted by atomic mass is 10.00. The summed E-state index contributed by atoms with van der Waals surface area (Å²) in [5.41, 5.74) is 15.0. The van der Waals surface area contributed by atoms with E-state index >= 15 is 0 Å². The molecule has 0 aliphatic heterocycles. The number of hydrogen-bond acceptors (Lipinski definition) is 4. The molecule has 4 heterocycles. The van der Waals surface area contributed by atoms with Gasteiger partial charge in [-0.3, -0.25) is 0 Å². The van der Waals surface area contributed by atoms with E-state index in [2.05, 4.69) is 251 Å². The van der Waals surface area contributed by atoms with Gasteiger partial charge < -0.3 is 27.8 Å². The predicted molar refractivity (Wildman–Crippen MR) is 303 cm³/mol. The Morgan fingerprint density at radius 3 is 1.18 bits per heavy atom. The SMILES string of the molecule is CCn1c2ccccc2c2cccc(N(c3ccccc3)c3ccc4cc5c(cc4c3)oc3ccc4oc6cc7cc(N(c8ccccc8)c8cccc9c%10ccccc%10n(CC)c89)ccc7cc6c4c35)c21. The summed E-state index contributed by atoms with van der Waals surface area (Å²) in [7, 11) is 0. The fourth-order valence-corrected chi connectivity index (χ4v) is 12.1. The van der Waals surface area contributed by atoms with Gasteiger partial charge in [-0.15, -0.1) is 0 Å². The van der Waals surface area contributed by atoms with E-state index in [0.29, 0.717) is 0 Å². The van der Waals surface area contributed by atoms with Gasteiger partial charge in [0.1, 0.15) is 22.3 Å². The second kappa shape index (κ2) is 15.6. The maximum atomic E-state index is 6.79. The highest BCUT2D eigenvalue weighted by molar-refractivity contribution is 6.28. The van der Waals surface area contributed by atoms with Crippen molar-refractivity contribution < 1.29 is 8.83 Å². The zero-order valence-corrected chi connectivity index (χ0v) is 39.8. The number of rotatable bonds is 8. The Labute approximate surface area is 414 Å². The van der Waals surface area contributed by atoms with Gasteiger partial charge in [0, 0.05) is 90.0 Å². The molecule has 0 saturated heterocycles. The van der Waals surface area contributed by atoms with Crippen molar-refractivity contribution in [2.75, 3.05) is 9.80 Å². The molecule has 15 rings (SSSR count). The minimum Gasteiger partial charge on any atom is -0.456 e. The molecule has 6 heteroatoms. The van der Waals surface area contributed by atoms with E-state index in [1.165, 1.54) is 43.6 Å². The molecule has 0 fully saturated rings. The molecule has 15 aromatic rings. The summed E-state index contributed by atoms with van der Waals surface area (Å²) in [6.45, 7) is 6.19. The molecule has 0 atom stereocenters. The third-order valence-electron chi connectivity index (χ3n) is 15.2. The summed E-state index contributed by atoms with van der Waals surface area (Å²) in [5, 5.41) is 13.8. The van der Waals surface area contributed by atoms with Crippen LogP contribution in [0, 0.1) is 0 Å². The van der Waals surface area contributed by atoms with Crippen LogP contribution in [0.3, 0.4) is 0 Å². The number of fused-ring (bicyclic) bond motifs is 15. The van der Waals surface area contributed by atoms with Gasteiger partial charge in [0.25, 0.3) is 0 Å². The quantitative estimate of drug-likeness (QED) is 0.152. The minimum atomic E-state index is 0.841. The first-order valence-electron chi connectivity index (χ1n) is 25.0. The van der Waals surface area contributed by atoms with Crippen LogP contribution in [-0.2, 0) is 13.1 Å². The number of aryl methyl sites for hydroxylation is 2. The molecule has 4 aromatic heterocycles. The molecule has 72 heavy (non-hydrogen) atoms. The van der Waals surface area contributed by atoms with Crippen LogP contribution in [-0.4, -0.2) is 9.13 Å². The highest BCUT2D eigenvalue weighted by atomic mass is 16.3. The Kier molecular flexibility index (Phi) is 8.81. The molecule has 0 spiro atoms. The number of hydrogen-bond donors (Lipinski definition) is 0. The minimum absolute atomic E-state index is 0.841. The van der Waals surface area contributed by atoms with Crippen LogP contribution >= 0.6 is 0 Å². The summed E-state index contributed by atoms with van der Waals surface area (Å²) < 4.78 is 18.5.